The highest BCUT2D eigenvalue weighted by Gasteiger charge is 2.12. The number of aromatic nitrogens is 2. The largest absolute Gasteiger partial charge is 0.308 e. The second-order valence-electron chi connectivity index (χ2n) is 4.89. The van der Waals surface area contributed by atoms with E-state index >= 15 is 0 Å². The van der Waals surface area contributed by atoms with Crippen molar-refractivity contribution in [2.75, 3.05) is 4.90 Å². The highest BCUT2D eigenvalue weighted by atomic mass is 15.2. The summed E-state index contributed by atoms with van der Waals surface area (Å²) in [6.45, 7) is 4.11. The predicted octanol–water partition coefficient (Wildman–Crippen LogP) is 4.29. The smallest absolute Gasteiger partial charge is 0.154 e. The second-order valence-corrected chi connectivity index (χ2v) is 4.89. The Balaban J connectivity index is 2.22. The van der Waals surface area contributed by atoms with Crippen molar-refractivity contribution in [3.63, 3.8) is 0 Å². The summed E-state index contributed by atoms with van der Waals surface area (Å²) in [5.41, 5.74) is 2.29. The fourth-order valence-corrected chi connectivity index (χ4v) is 2.31. The highest BCUT2D eigenvalue weighted by molar-refractivity contribution is 5.91. The highest BCUT2D eigenvalue weighted by Crippen LogP contribution is 2.27. The van der Waals surface area contributed by atoms with Gasteiger partial charge in [0, 0.05) is 17.8 Å². The van der Waals surface area contributed by atoms with Crippen molar-refractivity contribution in [3.05, 3.63) is 60.2 Å². The summed E-state index contributed by atoms with van der Waals surface area (Å²) in [5, 5.41) is 1.07. The lowest BCUT2D eigenvalue weighted by atomic mass is 10.1. The average molecular weight is 263 g/mol. The lowest BCUT2D eigenvalue weighted by Crippen LogP contribution is -2.13. The van der Waals surface area contributed by atoms with Crippen molar-refractivity contribution in [1.29, 1.82) is 0 Å². The monoisotopic (exact) mass is 263 g/mol. The van der Waals surface area contributed by atoms with E-state index in [0.717, 1.165) is 29.0 Å². The van der Waals surface area contributed by atoms with E-state index in [2.05, 4.69) is 46.3 Å². The molecule has 0 radical (unpaired) electrons. The number of rotatable bonds is 2. The molecule has 0 spiro atoms. The van der Waals surface area contributed by atoms with Crippen LogP contribution in [0.3, 0.4) is 0 Å². The first kappa shape index (κ1) is 12.6. The molecule has 0 aliphatic carbocycles. The van der Waals surface area contributed by atoms with Gasteiger partial charge in [0.1, 0.15) is 5.82 Å². The van der Waals surface area contributed by atoms with Gasteiger partial charge in [0.05, 0.1) is 5.52 Å². The molecule has 1 aromatic heterocycles. The predicted molar refractivity (Wildman–Crippen MR) is 84.2 cm³/mol. The molecule has 0 atom stereocenters. The number of hydrogen-bond acceptors (Lipinski definition) is 3. The molecule has 0 bridgehead atoms. The third kappa shape index (κ3) is 2.35. The minimum atomic E-state index is 0.742. The van der Waals surface area contributed by atoms with Gasteiger partial charge in [0.15, 0.2) is 5.82 Å². The van der Waals surface area contributed by atoms with Gasteiger partial charge >= 0.3 is 0 Å². The van der Waals surface area contributed by atoms with Crippen molar-refractivity contribution in [2.45, 2.75) is 20.3 Å². The zero-order valence-corrected chi connectivity index (χ0v) is 11.7. The Hall–Kier alpha value is -2.42. The number of allylic oxidation sites excluding steroid dienone is 3. The number of benzene rings is 1. The molecule has 100 valence electrons. The Kier molecular flexibility index (Phi) is 3.33. The molecule has 3 rings (SSSR count). The van der Waals surface area contributed by atoms with Gasteiger partial charge in [-0.05, 0) is 38.5 Å². The molecule has 3 heteroatoms. The quantitative estimate of drug-likeness (QED) is 0.809. The minimum Gasteiger partial charge on any atom is -0.308 e. The molecule has 0 saturated heterocycles. The van der Waals surface area contributed by atoms with Crippen LogP contribution in [0, 0.1) is 0 Å². The lowest BCUT2D eigenvalue weighted by Gasteiger charge is -2.21. The summed E-state index contributed by atoms with van der Waals surface area (Å²) in [6, 6.07) is 8.12. The summed E-state index contributed by atoms with van der Waals surface area (Å²) < 4.78 is 0. The molecule has 20 heavy (non-hydrogen) atoms. The van der Waals surface area contributed by atoms with Crippen LogP contribution in [-0.2, 0) is 0 Å². The van der Waals surface area contributed by atoms with Gasteiger partial charge < -0.3 is 4.90 Å². The molecule has 2 heterocycles. The molecule has 1 aliphatic heterocycles. The van der Waals surface area contributed by atoms with Crippen LogP contribution in [0.1, 0.15) is 26.1 Å². The fourth-order valence-electron chi connectivity index (χ4n) is 2.31. The van der Waals surface area contributed by atoms with E-state index in [-0.39, 0.29) is 0 Å². The minimum absolute atomic E-state index is 0.742. The molecule has 0 saturated carbocycles. The number of fused-ring (bicyclic) bond motifs is 1. The molecule has 1 aromatic carbocycles. The third-order valence-corrected chi connectivity index (χ3v) is 3.23. The number of hydrogen-bond donors (Lipinski definition) is 0. The Morgan fingerprint density at radius 2 is 2.05 bits per heavy atom. The van der Waals surface area contributed by atoms with Crippen LogP contribution < -0.4 is 4.90 Å². The third-order valence-electron chi connectivity index (χ3n) is 3.23. The molecular weight excluding hydrogens is 246 g/mol. The Morgan fingerprint density at radius 3 is 2.85 bits per heavy atom. The van der Waals surface area contributed by atoms with E-state index in [0.29, 0.717) is 0 Å². The van der Waals surface area contributed by atoms with Gasteiger partial charge in [0.25, 0.3) is 0 Å². The molecule has 2 aromatic rings. The first-order valence-electron chi connectivity index (χ1n) is 6.79. The second kappa shape index (κ2) is 5.29. The molecule has 3 nitrogen and oxygen atoms in total. The summed E-state index contributed by atoms with van der Waals surface area (Å²) in [7, 11) is 0. The molecule has 1 aliphatic rings. The van der Waals surface area contributed by atoms with Crippen LogP contribution in [0.2, 0.25) is 0 Å². The van der Waals surface area contributed by atoms with Crippen molar-refractivity contribution < 1.29 is 0 Å². The average Bonchev–Trinajstić information content (AvgIpc) is 2.47. The summed E-state index contributed by atoms with van der Waals surface area (Å²) in [6.07, 6.45) is 11.2. The van der Waals surface area contributed by atoms with E-state index in [1.54, 1.807) is 0 Å². The number of nitrogens with zero attached hydrogens (tertiary/aromatic N) is 3. The van der Waals surface area contributed by atoms with Crippen LogP contribution in [0.4, 0.5) is 5.82 Å². The summed E-state index contributed by atoms with van der Waals surface area (Å²) in [5.74, 6) is 1.67. The molecule has 0 amide bonds. The molecular formula is C17H17N3. The van der Waals surface area contributed by atoms with Crippen molar-refractivity contribution in [3.8, 4) is 0 Å². The SMILES string of the molecule is CC=Cc1nc(N2C=CCC(C)=C2)c2ccccc2n1. The van der Waals surface area contributed by atoms with Crippen LogP contribution in [0.15, 0.2) is 54.4 Å². The zero-order chi connectivity index (χ0) is 13.9. The van der Waals surface area contributed by atoms with Crippen LogP contribution in [-0.4, -0.2) is 9.97 Å². The molecule has 0 N–H and O–H groups in total. The Bertz CT molecular complexity index is 726. The standard InChI is InChI=1S/C17H17N3/c1-3-7-16-18-15-10-5-4-9-14(15)17(19-16)20-11-6-8-13(2)12-20/h3-7,9-12H,8H2,1-2H3. The van der Waals surface area contributed by atoms with Gasteiger partial charge in [0.2, 0.25) is 0 Å². The van der Waals surface area contributed by atoms with Gasteiger partial charge in [-0.25, -0.2) is 9.97 Å². The normalized spacial score (nSPS) is 15.1. The van der Waals surface area contributed by atoms with E-state index in [1.807, 2.05) is 37.3 Å². The van der Waals surface area contributed by atoms with Crippen molar-refractivity contribution in [1.82, 2.24) is 9.97 Å². The summed E-state index contributed by atoms with van der Waals surface area (Å²) in [4.78, 5) is 11.3. The number of para-hydroxylation sites is 1. The fraction of sp³-hybridized carbons (Fsp3) is 0.176. The Labute approximate surface area is 119 Å². The maximum Gasteiger partial charge on any atom is 0.154 e. The topological polar surface area (TPSA) is 29.0 Å². The number of anilines is 1. The van der Waals surface area contributed by atoms with E-state index in [9.17, 15) is 0 Å². The van der Waals surface area contributed by atoms with E-state index in [1.165, 1.54) is 5.57 Å². The molecule has 0 unspecified atom stereocenters. The lowest BCUT2D eigenvalue weighted by molar-refractivity contribution is 1.05. The first-order valence-corrected chi connectivity index (χ1v) is 6.79. The van der Waals surface area contributed by atoms with Crippen LogP contribution in [0.25, 0.3) is 17.0 Å². The van der Waals surface area contributed by atoms with Crippen molar-refractivity contribution in [2.24, 2.45) is 0 Å². The maximum absolute atomic E-state index is 4.68. The van der Waals surface area contributed by atoms with Gasteiger partial charge in [-0.15, -0.1) is 0 Å². The molecule has 0 fully saturated rings. The van der Waals surface area contributed by atoms with Gasteiger partial charge in [-0.1, -0.05) is 29.9 Å². The van der Waals surface area contributed by atoms with Crippen LogP contribution in [0.5, 0.6) is 0 Å². The van der Waals surface area contributed by atoms with E-state index < -0.39 is 0 Å². The van der Waals surface area contributed by atoms with Gasteiger partial charge in [-0.3, -0.25) is 0 Å². The first-order chi connectivity index (χ1) is 9.78. The Morgan fingerprint density at radius 1 is 1.20 bits per heavy atom. The van der Waals surface area contributed by atoms with E-state index in [4.69, 9.17) is 0 Å². The zero-order valence-electron chi connectivity index (χ0n) is 11.7. The van der Waals surface area contributed by atoms with Gasteiger partial charge in [-0.2, -0.15) is 0 Å². The maximum atomic E-state index is 4.68. The van der Waals surface area contributed by atoms with Crippen molar-refractivity contribution >= 4 is 22.8 Å². The van der Waals surface area contributed by atoms with Crippen LogP contribution >= 0.6 is 0 Å². The summed E-state index contributed by atoms with van der Waals surface area (Å²) >= 11 is 0.